The zero-order valence-electron chi connectivity index (χ0n) is 11.9. The Hall–Kier alpha value is -0.460. The van der Waals surface area contributed by atoms with Gasteiger partial charge in [0.15, 0.2) is 0 Å². The molecule has 0 fully saturated rings. The smallest absolute Gasteiger partial charge is 0.0171 e. The fraction of sp³-hybridized carbons (Fsp3) is 0.867. The lowest BCUT2D eigenvalue weighted by atomic mass is 10.1. The molecule has 1 nitrogen and oxygen atoms in total. The van der Waals surface area contributed by atoms with E-state index in [1.165, 1.54) is 57.2 Å². The molecule has 0 atom stereocenters. The molecule has 0 saturated heterocycles. The molecule has 16 heavy (non-hydrogen) atoms. The highest BCUT2D eigenvalue weighted by Gasteiger charge is 2.02. The van der Waals surface area contributed by atoms with Crippen molar-refractivity contribution >= 4 is 0 Å². The van der Waals surface area contributed by atoms with Crippen LogP contribution in [-0.2, 0) is 0 Å². The first kappa shape index (κ1) is 15.5. The first-order valence-corrected chi connectivity index (χ1v) is 6.96. The van der Waals surface area contributed by atoms with Crippen LogP contribution >= 0.6 is 0 Å². The summed E-state index contributed by atoms with van der Waals surface area (Å²) < 4.78 is 0. The Labute approximate surface area is 103 Å². The zero-order chi connectivity index (χ0) is 12.4. The van der Waals surface area contributed by atoms with Gasteiger partial charge in [-0.2, -0.15) is 0 Å². The van der Waals surface area contributed by atoms with E-state index < -0.39 is 0 Å². The summed E-state index contributed by atoms with van der Waals surface area (Å²) in [5.74, 6) is 0.825. The number of allylic oxidation sites excluding steroid dienone is 1. The largest absolute Gasteiger partial charge is 0.378 e. The third-order valence-corrected chi connectivity index (χ3v) is 3.13. The summed E-state index contributed by atoms with van der Waals surface area (Å²) in [6.45, 7) is 12.2. The van der Waals surface area contributed by atoms with E-state index in [9.17, 15) is 0 Å². The van der Waals surface area contributed by atoms with Crippen LogP contribution in [0.25, 0.3) is 0 Å². The Morgan fingerprint density at radius 1 is 1.12 bits per heavy atom. The second-order valence-electron chi connectivity index (χ2n) is 5.33. The molecule has 0 heterocycles. The van der Waals surface area contributed by atoms with Gasteiger partial charge in [0.2, 0.25) is 0 Å². The standard InChI is InChI=1S/C15H31N/c1-6-7-8-9-12-15(4)16(5)13-10-11-14(2)3/h14H,4,6-13H2,1-3,5H3. The Kier molecular flexibility index (Phi) is 9.46. The lowest BCUT2D eigenvalue weighted by molar-refractivity contribution is 0.371. The number of nitrogens with zero attached hydrogens (tertiary/aromatic N) is 1. The molecule has 1 heteroatoms. The van der Waals surface area contributed by atoms with Crippen molar-refractivity contribution in [3.05, 3.63) is 12.3 Å². The van der Waals surface area contributed by atoms with E-state index in [0.29, 0.717) is 0 Å². The second-order valence-corrected chi connectivity index (χ2v) is 5.33. The van der Waals surface area contributed by atoms with Crippen molar-refractivity contribution in [2.45, 2.75) is 65.7 Å². The maximum Gasteiger partial charge on any atom is 0.0171 e. The molecule has 0 unspecified atom stereocenters. The minimum Gasteiger partial charge on any atom is -0.378 e. The third kappa shape index (κ3) is 8.82. The van der Waals surface area contributed by atoms with E-state index in [1.54, 1.807) is 0 Å². The summed E-state index contributed by atoms with van der Waals surface area (Å²) in [6, 6.07) is 0. The van der Waals surface area contributed by atoms with Gasteiger partial charge in [-0.1, -0.05) is 46.6 Å². The molecule has 0 aliphatic rings. The summed E-state index contributed by atoms with van der Waals surface area (Å²) in [6.07, 6.45) is 9.14. The fourth-order valence-electron chi connectivity index (χ4n) is 1.84. The summed E-state index contributed by atoms with van der Waals surface area (Å²) in [5, 5.41) is 0. The highest BCUT2D eigenvalue weighted by molar-refractivity contribution is 4.91. The van der Waals surface area contributed by atoms with Gasteiger partial charge >= 0.3 is 0 Å². The van der Waals surface area contributed by atoms with Crippen LogP contribution in [0.5, 0.6) is 0 Å². The molecule has 0 aromatic rings. The maximum absolute atomic E-state index is 4.18. The zero-order valence-corrected chi connectivity index (χ0v) is 11.9. The molecule has 0 saturated carbocycles. The van der Waals surface area contributed by atoms with Crippen molar-refractivity contribution in [1.82, 2.24) is 4.90 Å². The predicted octanol–water partition coefficient (Wildman–Crippen LogP) is 4.84. The van der Waals surface area contributed by atoms with Gasteiger partial charge in [0.05, 0.1) is 0 Å². The van der Waals surface area contributed by atoms with Crippen molar-refractivity contribution in [2.75, 3.05) is 13.6 Å². The fourth-order valence-corrected chi connectivity index (χ4v) is 1.84. The Balaban J connectivity index is 3.49. The first-order chi connectivity index (χ1) is 7.57. The third-order valence-electron chi connectivity index (χ3n) is 3.13. The predicted molar refractivity (Wildman–Crippen MR) is 74.6 cm³/mol. The molecular weight excluding hydrogens is 194 g/mol. The Morgan fingerprint density at radius 3 is 2.38 bits per heavy atom. The van der Waals surface area contributed by atoms with E-state index in [-0.39, 0.29) is 0 Å². The van der Waals surface area contributed by atoms with Crippen LogP contribution < -0.4 is 0 Å². The van der Waals surface area contributed by atoms with Crippen LogP contribution in [0.4, 0.5) is 0 Å². The molecule has 96 valence electrons. The van der Waals surface area contributed by atoms with E-state index in [0.717, 1.165) is 5.92 Å². The molecule has 0 bridgehead atoms. The van der Waals surface area contributed by atoms with Gasteiger partial charge in [0, 0.05) is 19.3 Å². The van der Waals surface area contributed by atoms with Crippen LogP contribution in [0.15, 0.2) is 12.3 Å². The number of unbranched alkanes of at least 4 members (excludes halogenated alkanes) is 3. The Bertz CT molecular complexity index is 172. The molecule has 0 radical (unpaired) electrons. The Morgan fingerprint density at radius 2 is 1.81 bits per heavy atom. The average molecular weight is 225 g/mol. The number of hydrogen-bond acceptors (Lipinski definition) is 1. The van der Waals surface area contributed by atoms with Crippen molar-refractivity contribution in [3.8, 4) is 0 Å². The van der Waals surface area contributed by atoms with Gasteiger partial charge in [-0.15, -0.1) is 0 Å². The minimum atomic E-state index is 0.825. The van der Waals surface area contributed by atoms with Crippen LogP contribution in [-0.4, -0.2) is 18.5 Å². The molecule has 0 aromatic heterocycles. The first-order valence-electron chi connectivity index (χ1n) is 6.96. The van der Waals surface area contributed by atoms with Gasteiger partial charge in [-0.25, -0.2) is 0 Å². The molecule has 0 N–H and O–H groups in total. The van der Waals surface area contributed by atoms with Crippen LogP contribution in [0.1, 0.15) is 65.7 Å². The topological polar surface area (TPSA) is 3.24 Å². The minimum absolute atomic E-state index is 0.825. The monoisotopic (exact) mass is 225 g/mol. The van der Waals surface area contributed by atoms with E-state index in [1.807, 2.05) is 0 Å². The highest BCUT2D eigenvalue weighted by atomic mass is 15.1. The maximum atomic E-state index is 4.18. The lowest BCUT2D eigenvalue weighted by Crippen LogP contribution is -2.18. The van der Waals surface area contributed by atoms with Gasteiger partial charge in [0.1, 0.15) is 0 Å². The van der Waals surface area contributed by atoms with Crippen LogP contribution in [0, 0.1) is 5.92 Å². The number of rotatable bonds is 10. The molecule has 0 spiro atoms. The van der Waals surface area contributed by atoms with E-state index >= 15 is 0 Å². The molecule has 0 aromatic carbocycles. The van der Waals surface area contributed by atoms with Crippen molar-refractivity contribution < 1.29 is 0 Å². The highest BCUT2D eigenvalue weighted by Crippen LogP contribution is 2.13. The summed E-state index contributed by atoms with van der Waals surface area (Å²) in [7, 11) is 2.18. The molecule has 0 aliphatic heterocycles. The SMILES string of the molecule is C=C(CCCCCC)N(C)CCCC(C)C. The number of hydrogen-bond donors (Lipinski definition) is 0. The van der Waals surface area contributed by atoms with Crippen LogP contribution in [0.3, 0.4) is 0 Å². The van der Waals surface area contributed by atoms with Gasteiger partial charge in [-0.05, 0) is 31.6 Å². The lowest BCUT2D eigenvalue weighted by Gasteiger charge is -2.22. The normalized spacial score (nSPS) is 10.8. The van der Waals surface area contributed by atoms with Gasteiger partial charge in [0.25, 0.3) is 0 Å². The van der Waals surface area contributed by atoms with E-state index in [2.05, 4.69) is 39.3 Å². The van der Waals surface area contributed by atoms with Gasteiger partial charge < -0.3 is 4.90 Å². The van der Waals surface area contributed by atoms with E-state index in [4.69, 9.17) is 0 Å². The molecule has 0 amide bonds. The quantitative estimate of drug-likeness (QED) is 0.481. The molecule has 0 rings (SSSR count). The summed E-state index contributed by atoms with van der Waals surface area (Å²) in [5.41, 5.74) is 1.32. The summed E-state index contributed by atoms with van der Waals surface area (Å²) >= 11 is 0. The van der Waals surface area contributed by atoms with Crippen molar-refractivity contribution in [2.24, 2.45) is 5.92 Å². The molecular formula is C15H31N. The average Bonchev–Trinajstić information content (AvgIpc) is 2.23. The van der Waals surface area contributed by atoms with Crippen molar-refractivity contribution in [1.29, 1.82) is 0 Å². The molecule has 0 aliphatic carbocycles. The second kappa shape index (κ2) is 9.74. The van der Waals surface area contributed by atoms with Crippen LogP contribution in [0.2, 0.25) is 0 Å². The summed E-state index contributed by atoms with van der Waals surface area (Å²) in [4.78, 5) is 2.34. The van der Waals surface area contributed by atoms with Crippen molar-refractivity contribution in [3.63, 3.8) is 0 Å². The van der Waals surface area contributed by atoms with Gasteiger partial charge in [-0.3, -0.25) is 0 Å².